The summed E-state index contributed by atoms with van der Waals surface area (Å²) in [4.78, 5) is 12.3. The maximum atomic E-state index is 8.60. The van der Waals surface area contributed by atoms with Crippen LogP contribution < -0.4 is 0 Å². The maximum Gasteiger partial charge on any atom is 0.249 e. The van der Waals surface area contributed by atoms with Crippen LogP contribution in [0.25, 0.3) is 0 Å². The summed E-state index contributed by atoms with van der Waals surface area (Å²) in [7, 11) is 0.795. The summed E-state index contributed by atoms with van der Waals surface area (Å²) in [5.74, 6) is 1.68. The van der Waals surface area contributed by atoms with E-state index in [1.165, 1.54) is 0 Å². The van der Waals surface area contributed by atoms with Gasteiger partial charge in [-0.15, -0.1) is 0 Å². The predicted octanol–water partition coefficient (Wildman–Crippen LogP) is 0.508. The molecule has 1 atom stereocenters. The van der Waals surface area contributed by atoms with Crippen molar-refractivity contribution in [2.45, 2.75) is 0 Å². The van der Waals surface area contributed by atoms with E-state index in [1.807, 2.05) is 0 Å². The lowest BCUT2D eigenvalue weighted by Crippen LogP contribution is -1.70. The van der Waals surface area contributed by atoms with Crippen molar-refractivity contribution in [1.29, 1.82) is 0 Å². The second kappa shape index (κ2) is 3.97. The highest BCUT2D eigenvalue weighted by Crippen LogP contribution is 2.02. The van der Waals surface area contributed by atoms with Gasteiger partial charge in [-0.25, -0.2) is 0 Å². The van der Waals surface area contributed by atoms with Gasteiger partial charge in [0.2, 0.25) is 7.77 Å². The van der Waals surface area contributed by atoms with Gasteiger partial charge in [0.05, 0.1) is 6.21 Å². The van der Waals surface area contributed by atoms with Crippen molar-refractivity contribution in [1.82, 2.24) is 0 Å². The molecule has 0 aliphatic rings. The van der Waals surface area contributed by atoms with Gasteiger partial charge in [0.1, 0.15) is 6.66 Å². The van der Waals surface area contributed by atoms with Crippen molar-refractivity contribution in [3.05, 3.63) is 0 Å². The second-order valence-corrected chi connectivity index (χ2v) is 2.58. The largest absolute Gasteiger partial charge is 0.292 e. The van der Waals surface area contributed by atoms with Crippen molar-refractivity contribution in [3.8, 4) is 0 Å². The van der Waals surface area contributed by atoms with Gasteiger partial charge in [-0.05, 0) is 0 Å². The first-order chi connectivity index (χ1) is 3.27. The van der Waals surface area contributed by atoms with Gasteiger partial charge >= 0.3 is 0 Å². The normalized spacial score (nSPS) is 13.3. The van der Waals surface area contributed by atoms with E-state index < -0.39 is 7.77 Å². The third kappa shape index (κ3) is 5.80. The van der Waals surface area contributed by atoms with Crippen molar-refractivity contribution < 1.29 is 4.89 Å². The molecule has 0 fully saturated rings. The lowest BCUT2D eigenvalue weighted by Gasteiger charge is -1.63. The third-order valence-electron chi connectivity index (χ3n) is 0.431. The Balaban J connectivity index is 3.46. The van der Waals surface area contributed by atoms with Crippen LogP contribution in [-0.4, -0.2) is 30.6 Å². The summed E-state index contributed by atoms with van der Waals surface area (Å²) in [6.07, 6.45) is 1.60. The van der Waals surface area contributed by atoms with E-state index in [1.54, 1.807) is 25.7 Å². The van der Waals surface area contributed by atoms with Gasteiger partial charge in [-0.2, -0.15) is 4.89 Å². The lowest BCUT2D eigenvalue weighted by molar-refractivity contribution is 0.648. The smallest absolute Gasteiger partial charge is 0.249 e. The predicted molar refractivity (Wildman–Crippen MR) is 35.5 cm³/mol. The van der Waals surface area contributed by atoms with Crippen molar-refractivity contribution >= 4 is 19.8 Å². The first-order valence-corrected chi connectivity index (χ1v) is 3.75. The minimum Gasteiger partial charge on any atom is -0.292 e. The SMILES string of the molecule is CN=CC=[P+](C)O. The van der Waals surface area contributed by atoms with E-state index in [-0.39, 0.29) is 0 Å². The van der Waals surface area contributed by atoms with E-state index in [4.69, 9.17) is 4.89 Å². The van der Waals surface area contributed by atoms with Crippen LogP contribution in [0.3, 0.4) is 0 Å². The number of aliphatic imine (C=N–C) groups is 1. The van der Waals surface area contributed by atoms with Crippen LogP contribution in [0.4, 0.5) is 0 Å². The zero-order valence-electron chi connectivity index (χ0n) is 4.50. The summed E-state index contributed by atoms with van der Waals surface area (Å²) in [6.45, 7) is 1.75. The fraction of sp³-hybridized carbons (Fsp3) is 0.500. The Hall–Kier alpha value is -0.200. The molecular weight excluding hydrogens is 109 g/mol. The molecule has 0 aliphatic carbocycles. The van der Waals surface area contributed by atoms with Gasteiger partial charge in [-0.1, -0.05) is 0 Å². The Morgan fingerprint density at radius 3 is 2.43 bits per heavy atom. The van der Waals surface area contributed by atoms with Crippen LogP contribution in [0, 0.1) is 0 Å². The van der Waals surface area contributed by atoms with Crippen LogP contribution in [0.2, 0.25) is 0 Å². The highest BCUT2D eigenvalue weighted by atomic mass is 31.1. The summed E-state index contributed by atoms with van der Waals surface area (Å²) >= 11 is 0. The van der Waals surface area contributed by atoms with Crippen LogP contribution in [0.1, 0.15) is 0 Å². The van der Waals surface area contributed by atoms with Gasteiger partial charge in [0.25, 0.3) is 0 Å². The molecule has 0 saturated heterocycles. The number of hydrogen-bond acceptors (Lipinski definition) is 2. The molecule has 3 heteroatoms. The van der Waals surface area contributed by atoms with Crippen molar-refractivity contribution in [2.24, 2.45) is 4.99 Å². The average molecular weight is 118 g/mol. The fourth-order valence-corrected chi connectivity index (χ4v) is 0.489. The molecule has 0 bridgehead atoms. The topological polar surface area (TPSA) is 32.6 Å². The Morgan fingerprint density at radius 2 is 2.29 bits per heavy atom. The highest BCUT2D eigenvalue weighted by Gasteiger charge is 1.84. The molecule has 2 nitrogen and oxygen atoms in total. The summed E-state index contributed by atoms with van der Waals surface area (Å²) < 4.78 is 0. The average Bonchev–Trinajstić information content (AvgIpc) is 1.61. The Kier molecular flexibility index (Phi) is 3.86. The molecule has 0 aromatic rings. The minimum atomic E-state index is -0.881. The van der Waals surface area contributed by atoms with Crippen LogP contribution in [-0.2, 0) is 0 Å². The van der Waals surface area contributed by atoms with Crippen LogP contribution in [0.5, 0.6) is 0 Å². The van der Waals surface area contributed by atoms with Gasteiger partial charge in [0.15, 0.2) is 5.80 Å². The first-order valence-electron chi connectivity index (χ1n) is 1.94. The molecule has 0 heterocycles. The molecule has 7 heavy (non-hydrogen) atoms. The van der Waals surface area contributed by atoms with Gasteiger partial charge in [0, 0.05) is 7.05 Å². The number of nitrogens with zero attached hydrogens (tertiary/aromatic N) is 1. The fourth-order valence-electron chi connectivity index (χ4n) is 0.163. The molecule has 0 spiro atoms. The molecule has 1 unspecified atom stereocenters. The Labute approximate surface area is 44.4 Å². The highest BCUT2D eigenvalue weighted by molar-refractivity contribution is 7.52. The van der Waals surface area contributed by atoms with E-state index in [2.05, 4.69) is 4.99 Å². The minimum absolute atomic E-state index is 0.881. The van der Waals surface area contributed by atoms with Gasteiger partial charge < -0.3 is 0 Å². The Morgan fingerprint density at radius 1 is 1.71 bits per heavy atom. The van der Waals surface area contributed by atoms with E-state index in [9.17, 15) is 0 Å². The summed E-state index contributed by atoms with van der Waals surface area (Å²) in [5.41, 5.74) is 0. The van der Waals surface area contributed by atoms with E-state index in [0.717, 1.165) is 0 Å². The number of hydrogen-bond donors (Lipinski definition) is 1. The zero-order valence-corrected chi connectivity index (χ0v) is 5.39. The Bertz CT molecular complexity index is 93.9. The number of rotatable bonds is 1. The maximum absolute atomic E-state index is 8.60. The van der Waals surface area contributed by atoms with Crippen molar-refractivity contribution in [2.75, 3.05) is 13.7 Å². The van der Waals surface area contributed by atoms with Gasteiger partial charge in [-0.3, -0.25) is 4.99 Å². The van der Waals surface area contributed by atoms with E-state index >= 15 is 0 Å². The van der Waals surface area contributed by atoms with Crippen molar-refractivity contribution in [3.63, 3.8) is 0 Å². The zero-order chi connectivity index (χ0) is 5.70. The molecule has 0 aliphatic heterocycles. The quantitative estimate of drug-likeness (QED) is 0.395. The molecule has 0 aromatic carbocycles. The molecule has 0 radical (unpaired) electrons. The van der Waals surface area contributed by atoms with E-state index in [0.29, 0.717) is 0 Å². The molecule has 0 aromatic heterocycles. The molecule has 0 rings (SSSR count). The monoisotopic (exact) mass is 118 g/mol. The summed E-state index contributed by atoms with van der Waals surface area (Å²) in [5, 5.41) is 0. The molecule has 1 N–H and O–H groups in total. The molecule has 0 amide bonds. The third-order valence-corrected chi connectivity index (χ3v) is 0.996. The van der Waals surface area contributed by atoms with Crippen LogP contribution >= 0.6 is 7.77 Å². The molecular formula is C4H9NOP+. The standard InChI is InChI=1S/C4H9NOP/c1-5-3-4-7(2)6/h3-4,6H,1-2H3/q+1. The first kappa shape index (κ1) is 6.80. The van der Waals surface area contributed by atoms with Crippen LogP contribution in [0.15, 0.2) is 4.99 Å². The summed E-state index contributed by atoms with van der Waals surface area (Å²) in [6, 6.07) is 0. The second-order valence-electron chi connectivity index (χ2n) is 1.13. The molecule has 0 saturated carbocycles. The molecule has 40 valence electrons. The lowest BCUT2D eigenvalue weighted by atomic mass is 10.9.